The van der Waals surface area contributed by atoms with Crippen LogP contribution in [0, 0.1) is 11.3 Å². The third-order valence-electron chi connectivity index (χ3n) is 1.66. The molecule has 0 saturated heterocycles. The van der Waals surface area contributed by atoms with Crippen LogP contribution in [-0.4, -0.2) is 13.4 Å². The van der Waals surface area contributed by atoms with Crippen molar-refractivity contribution in [1.82, 2.24) is 4.98 Å². The van der Waals surface area contributed by atoms with Gasteiger partial charge >= 0.3 is 0 Å². The Morgan fingerprint density at radius 1 is 1.56 bits per heavy atom. The highest BCUT2D eigenvalue weighted by atomic mass is 35.7. The highest BCUT2D eigenvalue weighted by Gasteiger charge is 2.28. The molecule has 0 aromatic carbocycles. The van der Waals surface area contributed by atoms with Crippen LogP contribution < -0.4 is 5.73 Å². The van der Waals surface area contributed by atoms with Crippen molar-refractivity contribution in [3.63, 3.8) is 0 Å². The fourth-order valence-corrected chi connectivity index (χ4v) is 2.39. The smallest absolute Gasteiger partial charge is 0.268 e. The molecule has 0 radical (unpaired) electrons. The van der Waals surface area contributed by atoms with Crippen molar-refractivity contribution < 1.29 is 17.2 Å². The average Bonchev–Trinajstić information content (AvgIpc) is 2.15. The highest BCUT2D eigenvalue weighted by Crippen LogP contribution is 2.34. The molecule has 0 fully saturated rings. The average molecular weight is 268 g/mol. The maximum Gasteiger partial charge on any atom is 0.268 e. The topological polar surface area (TPSA) is 96.8 Å². The van der Waals surface area contributed by atoms with Gasteiger partial charge in [-0.25, -0.2) is 22.2 Å². The second-order valence-corrected chi connectivity index (χ2v) is 5.16. The standard InChI is InChI=1S/C7H4ClF2N3O2S/c8-16(14,15)6-3(12)2-13-4(1-11)5(6)7(9)10/h2,7H,12H2. The van der Waals surface area contributed by atoms with E-state index in [9.17, 15) is 17.2 Å². The minimum atomic E-state index is -4.47. The fourth-order valence-electron chi connectivity index (χ4n) is 1.09. The number of anilines is 1. The Kier molecular flexibility index (Phi) is 3.30. The van der Waals surface area contributed by atoms with E-state index in [1.807, 2.05) is 0 Å². The molecule has 1 heterocycles. The van der Waals surface area contributed by atoms with Gasteiger partial charge < -0.3 is 5.73 Å². The zero-order chi connectivity index (χ0) is 12.5. The number of hydrogen-bond acceptors (Lipinski definition) is 5. The molecule has 0 aliphatic heterocycles. The summed E-state index contributed by atoms with van der Waals surface area (Å²) in [5.41, 5.74) is 2.89. The van der Waals surface area contributed by atoms with Crippen molar-refractivity contribution in [1.29, 1.82) is 5.26 Å². The van der Waals surface area contributed by atoms with Gasteiger partial charge in [-0.1, -0.05) is 0 Å². The van der Waals surface area contributed by atoms with Crippen molar-refractivity contribution in [3.8, 4) is 6.07 Å². The van der Waals surface area contributed by atoms with Gasteiger partial charge in [0.15, 0.2) is 5.69 Å². The Hall–Kier alpha value is -1.46. The van der Waals surface area contributed by atoms with Gasteiger partial charge in [-0.2, -0.15) is 5.26 Å². The molecule has 16 heavy (non-hydrogen) atoms. The van der Waals surface area contributed by atoms with E-state index in [4.69, 9.17) is 21.7 Å². The third kappa shape index (κ3) is 2.20. The molecule has 2 N–H and O–H groups in total. The Labute approximate surface area is 93.9 Å². The molecular weight excluding hydrogens is 264 g/mol. The molecule has 0 spiro atoms. The van der Waals surface area contributed by atoms with Crippen LogP contribution in [0.2, 0.25) is 0 Å². The lowest BCUT2D eigenvalue weighted by Gasteiger charge is -2.09. The summed E-state index contributed by atoms with van der Waals surface area (Å²) < 4.78 is 47.4. The third-order valence-corrected chi connectivity index (χ3v) is 3.07. The van der Waals surface area contributed by atoms with E-state index in [-0.39, 0.29) is 0 Å². The number of hydrogen-bond donors (Lipinski definition) is 1. The molecule has 1 aromatic heterocycles. The predicted octanol–water partition coefficient (Wildman–Crippen LogP) is 1.40. The van der Waals surface area contributed by atoms with Crippen LogP contribution in [-0.2, 0) is 9.05 Å². The number of nitriles is 1. The van der Waals surface area contributed by atoms with Crippen LogP contribution in [0.15, 0.2) is 11.1 Å². The van der Waals surface area contributed by atoms with Gasteiger partial charge in [-0.3, -0.25) is 0 Å². The molecule has 0 saturated carbocycles. The highest BCUT2D eigenvalue weighted by molar-refractivity contribution is 8.13. The summed E-state index contributed by atoms with van der Waals surface area (Å²) in [6, 6.07) is 1.35. The van der Waals surface area contributed by atoms with E-state index < -0.39 is 37.3 Å². The fraction of sp³-hybridized carbons (Fsp3) is 0.143. The second kappa shape index (κ2) is 4.19. The summed E-state index contributed by atoms with van der Waals surface area (Å²) in [5, 5.41) is 8.52. The van der Waals surface area contributed by atoms with Crippen LogP contribution in [0.1, 0.15) is 17.7 Å². The van der Waals surface area contributed by atoms with Crippen molar-refractivity contribution in [2.45, 2.75) is 11.3 Å². The molecule has 0 atom stereocenters. The van der Waals surface area contributed by atoms with Crippen LogP contribution in [0.3, 0.4) is 0 Å². The molecule has 9 heteroatoms. The van der Waals surface area contributed by atoms with Crippen molar-refractivity contribution in [2.75, 3.05) is 5.73 Å². The summed E-state index contributed by atoms with van der Waals surface area (Å²) in [7, 11) is 0.498. The minimum absolute atomic E-state index is 0.524. The second-order valence-electron chi connectivity index (χ2n) is 2.66. The van der Waals surface area contributed by atoms with E-state index in [1.54, 1.807) is 0 Å². The number of nitrogen functional groups attached to an aromatic ring is 1. The first kappa shape index (κ1) is 12.6. The Balaban J connectivity index is 3.78. The van der Waals surface area contributed by atoms with E-state index in [0.29, 0.717) is 0 Å². The van der Waals surface area contributed by atoms with Crippen LogP contribution in [0.25, 0.3) is 0 Å². The Morgan fingerprint density at radius 2 is 2.12 bits per heavy atom. The van der Waals surface area contributed by atoms with Gasteiger partial charge in [-0.15, -0.1) is 0 Å². The summed E-state index contributed by atoms with van der Waals surface area (Å²) in [6.07, 6.45) is -2.42. The van der Waals surface area contributed by atoms with Gasteiger partial charge in [0.1, 0.15) is 11.0 Å². The number of halogens is 3. The molecule has 0 aliphatic rings. The summed E-state index contributed by atoms with van der Waals surface area (Å²) in [6.45, 7) is 0. The quantitative estimate of drug-likeness (QED) is 0.817. The lowest BCUT2D eigenvalue weighted by molar-refractivity contribution is 0.147. The lowest BCUT2D eigenvalue weighted by atomic mass is 10.2. The molecule has 86 valence electrons. The van der Waals surface area contributed by atoms with Crippen molar-refractivity contribution >= 4 is 25.4 Å². The first-order valence-corrected chi connectivity index (χ1v) is 6.01. The Morgan fingerprint density at radius 3 is 2.50 bits per heavy atom. The maximum absolute atomic E-state index is 12.6. The number of nitrogens with zero attached hydrogens (tertiary/aromatic N) is 2. The van der Waals surface area contributed by atoms with Gasteiger partial charge in [0.2, 0.25) is 0 Å². The largest absolute Gasteiger partial charge is 0.396 e. The molecule has 0 bridgehead atoms. The zero-order valence-corrected chi connectivity index (χ0v) is 9.06. The molecule has 0 unspecified atom stereocenters. The predicted molar refractivity (Wildman–Crippen MR) is 51.4 cm³/mol. The molecule has 1 aromatic rings. The maximum atomic E-state index is 12.6. The normalized spacial score (nSPS) is 11.4. The van der Waals surface area contributed by atoms with Gasteiger partial charge in [0, 0.05) is 10.7 Å². The lowest BCUT2D eigenvalue weighted by Crippen LogP contribution is -2.08. The van der Waals surface area contributed by atoms with E-state index in [0.717, 1.165) is 6.20 Å². The van der Waals surface area contributed by atoms with Crippen LogP contribution >= 0.6 is 10.7 Å². The first-order chi connectivity index (χ1) is 7.29. The van der Waals surface area contributed by atoms with Crippen molar-refractivity contribution in [3.05, 3.63) is 17.5 Å². The monoisotopic (exact) mass is 267 g/mol. The number of nitrogens with two attached hydrogens (primary N) is 1. The van der Waals surface area contributed by atoms with Crippen LogP contribution in [0.5, 0.6) is 0 Å². The van der Waals surface area contributed by atoms with Crippen LogP contribution in [0.4, 0.5) is 14.5 Å². The Bertz CT molecular complexity index is 568. The summed E-state index contributed by atoms with van der Waals surface area (Å²) >= 11 is 0. The molecule has 1 rings (SSSR count). The molecule has 0 amide bonds. The van der Waals surface area contributed by atoms with Gasteiger partial charge in [0.25, 0.3) is 15.5 Å². The number of pyridine rings is 1. The van der Waals surface area contributed by atoms with E-state index in [1.165, 1.54) is 6.07 Å². The van der Waals surface area contributed by atoms with Gasteiger partial charge in [0.05, 0.1) is 17.4 Å². The number of alkyl halides is 2. The SMILES string of the molecule is N#Cc1ncc(N)c(S(=O)(=O)Cl)c1C(F)F. The summed E-state index contributed by atoms with van der Waals surface area (Å²) in [4.78, 5) is 2.34. The van der Waals surface area contributed by atoms with Crippen molar-refractivity contribution in [2.24, 2.45) is 0 Å². The molecule has 0 aliphatic carbocycles. The molecule has 5 nitrogen and oxygen atoms in total. The van der Waals surface area contributed by atoms with E-state index >= 15 is 0 Å². The number of aromatic nitrogens is 1. The molecular formula is C7H4ClF2N3O2S. The summed E-state index contributed by atoms with van der Waals surface area (Å²) in [5.74, 6) is 0. The number of rotatable bonds is 2. The minimum Gasteiger partial charge on any atom is -0.396 e. The first-order valence-electron chi connectivity index (χ1n) is 3.70. The van der Waals surface area contributed by atoms with Gasteiger partial charge in [-0.05, 0) is 0 Å². The van der Waals surface area contributed by atoms with E-state index in [2.05, 4.69) is 4.98 Å². The zero-order valence-electron chi connectivity index (χ0n) is 7.49.